The first-order valence-electron chi connectivity index (χ1n) is 8.52. The fourth-order valence-electron chi connectivity index (χ4n) is 3.70. The van der Waals surface area contributed by atoms with Crippen molar-refractivity contribution in [2.24, 2.45) is 4.99 Å². The molecule has 0 radical (unpaired) electrons. The van der Waals surface area contributed by atoms with Crippen molar-refractivity contribution >= 4 is 35.4 Å². The number of hydrogen-bond acceptors (Lipinski definition) is 5. The van der Waals surface area contributed by atoms with Crippen LogP contribution in [0.4, 0.5) is 0 Å². The molecule has 1 saturated heterocycles. The lowest BCUT2D eigenvalue weighted by atomic mass is 9.78. The molecule has 138 valence electrons. The minimum absolute atomic E-state index is 0. The number of nitrogens with one attached hydrogen (secondary N) is 1. The molecule has 1 fully saturated rings. The molecule has 26 heavy (non-hydrogen) atoms. The van der Waals surface area contributed by atoms with Gasteiger partial charge in [-0.05, 0) is 31.4 Å². The zero-order valence-electron chi connectivity index (χ0n) is 14.7. The third-order valence-corrected chi connectivity index (χ3v) is 6.27. The summed E-state index contributed by atoms with van der Waals surface area (Å²) in [6.45, 7) is 4.53. The highest BCUT2D eigenvalue weighted by molar-refractivity contribution is 7.13. The van der Waals surface area contributed by atoms with E-state index in [0.717, 1.165) is 27.4 Å². The van der Waals surface area contributed by atoms with Gasteiger partial charge in [-0.2, -0.15) is 0 Å². The molecule has 0 aliphatic carbocycles. The number of aryl methyl sites for hydroxylation is 1. The van der Waals surface area contributed by atoms with E-state index >= 15 is 0 Å². The summed E-state index contributed by atoms with van der Waals surface area (Å²) in [6.07, 6.45) is 0.887. The third-order valence-electron chi connectivity index (χ3n) is 5.29. The molecule has 2 N–H and O–H groups in total. The van der Waals surface area contributed by atoms with E-state index in [4.69, 9.17) is 0 Å². The summed E-state index contributed by atoms with van der Waals surface area (Å²) in [5.74, 6) is -0.0904. The highest BCUT2D eigenvalue weighted by Crippen LogP contribution is 2.37. The summed E-state index contributed by atoms with van der Waals surface area (Å²) in [4.78, 5) is 22.4. The minimum atomic E-state index is -0.619. The molecule has 7 heteroatoms. The van der Waals surface area contributed by atoms with Crippen LogP contribution in [-0.4, -0.2) is 40.4 Å². The number of β-amino-alcohol motifs (C(OH)–C–C–N with tert-alkyl or cyclic N) is 1. The topological polar surface area (TPSA) is 74.6 Å². The molecule has 5 nitrogen and oxygen atoms in total. The lowest BCUT2D eigenvalue weighted by Crippen LogP contribution is -2.33. The van der Waals surface area contributed by atoms with Crippen molar-refractivity contribution in [3.63, 3.8) is 0 Å². The molecule has 1 aromatic carbocycles. The van der Waals surface area contributed by atoms with Crippen LogP contribution in [0.15, 0.2) is 34.8 Å². The predicted octanol–water partition coefficient (Wildman–Crippen LogP) is 2.89. The molecule has 0 saturated carbocycles. The Hall–Kier alpha value is -1.60. The van der Waals surface area contributed by atoms with E-state index in [0.29, 0.717) is 19.4 Å². The Morgan fingerprint density at radius 1 is 1.31 bits per heavy atom. The molecule has 4 rings (SSSR count). The largest absolute Gasteiger partial charge is 0.392 e. The molecule has 2 aliphatic rings. The summed E-state index contributed by atoms with van der Waals surface area (Å²) in [6, 6.07) is 8.19. The van der Waals surface area contributed by atoms with Crippen molar-refractivity contribution in [1.29, 1.82) is 0 Å². The highest BCUT2D eigenvalue weighted by atomic mass is 35.5. The van der Waals surface area contributed by atoms with Gasteiger partial charge in [0.2, 0.25) is 0 Å². The maximum atomic E-state index is 12.6. The first-order valence-corrected chi connectivity index (χ1v) is 9.39. The quantitative estimate of drug-likeness (QED) is 0.843. The number of carbonyl (C=O) groups is 1. The van der Waals surface area contributed by atoms with Gasteiger partial charge in [-0.25, -0.2) is 9.98 Å². The van der Waals surface area contributed by atoms with Gasteiger partial charge < -0.3 is 10.4 Å². The summed E-state index contributed by atoms with van der Waals surface area (Å²) in [5, 5.41) is 13.0. The molecule has 2 aromatic rings. The van der Waals surface area contributed by atoms with E-state index in [1.54, 1.807) is 11.3 Å². The number of benzene rings is 1. The van der Waals surface area contributed by atoms with Crippen molar-refractivity contribution in [3.8, 4) is 10.4 Å². The number of rotatable bonds is 3. The minimum Gasteiger partial charge on any atom is -0.392 e. The first-order chi connectivity index (χ1) is 12.0. The average Bonchev–Trinajstić information content (AvgIpc) is 3.29. The van der Waals surface area contributed by atoms with Crippen LogP contribution in [0.1, 0.15) is 31.0 Å². The van der Waals surface area contributed by atoms with Gasteiger partial charge in [0.25, 0.3) is 5.91 Å². The SMILES string of the molecule is Cc1ncsc1-c1ccc(C2(C)CC(C3C[C@@H](O)CN3)=NC2=O)cc1.Cl. The summed E-state index contributed by atoms with van der Waals surface area (Å²) in [7, 11) is 0. The van der Waals surface area contributed by atoms with Crippen molar-refractivity contribution < 1.29 is 9.90 Å². The van der Waals surface area contributed by atoms with Gasteiger partial charge >= 0.3 is 0 Å². The number of hydrogen-bond donors (Lipinski definition) is 2. The van der Waals surface area contributed by atoms with Crippen LogP contribution in [-0.2, 0) is 10.2 Å². The fourth-order valence-corrected chi connectivity index (χ4v) is 4.51. The Kier molecular flexibility index (Phi) is 5.30. The van der Waals surface area contributed by atoms with E-state index in [2.05, 4.69) is 27.4 Å². The highest BCUT2D eigenvalue weighted by Gasteiger charge is 2.44. The van der Waals surface area contributed by atoms with E-state index in [-0.39, 0.29) is 30.5 Å². The van der Waals surface area contributed by atoms with Crippen molar-refractivity contribution in [3.05, 3.63) is 41.0 Å². The van der Waals surface area contributed by atoms with Crippen LogP contribution in [0.2, 0.25) is 0 Å². The molecule has 0 spiro atoms. The number of aliphatic hydroxyl groups is 1. The Morgan fingerprint density at radius 3 is 2.62 bits per heavy atom. The van der Waals surface area contributed by atoms with Gasteiger partial charge in [0.05, 0.1) is 27.6 Å². The molecule has 3 atom stereocenters. The van der Waals surface area contributed by atoms with E-state index in [1.165, 1.54) is 0 Å². The van der Waals surface area contributed by atoms with Gasteiger partial charge in [0.1, 0.15) is 0 Å². The van der Waals surface area contributed by atoms with Crippen LogP contribution in [0.5, 0.6) is 0 Å². The van der Waals surface area contributed by atoms with E-state index in [9.17, 15) is 9.90 Å². The second-order valence-corrected chi connectivity index (χ2v) is 7.97. The van der Waals surface area contributed by atoms with Crippen LogP contribution in [0.25, 0.3) is 10.4 Å². The zero-order valence-corrected chi connectivity index (χ0v) is 16.4. The van der Waals surface area contributed by atoms with Crippen LogP contribution in [0, 0.1) is 6.92 Å². The summed E-state index contributed by atoms with van der Waals surface area (Å²) in [5.41, 5.74) is 5.24. The van der Waals surface area contributed by atoms with Crippen molar-refractivity contribution in [2.75, 3.05) is 6.54 Å². The van der Waals surface area contributed by atoms with Crippen LogP contribution in [0.3, 0.4) is 0 Å². The number of halogens is 1. The van der Waals surface area contributed by atoms with Crippen LogP contribution >= 0.6 is 23.7 Å². The molecule has 1 aromatic heterocycles. The number of aromatic nitrogens is 1. The molecule has 2 aliphatic heterocycles. The standard InChI is InChI=1S/C19H21N3O2S.ClH/c1-11-17(25-10-21-11)12-3-5-13(6-4-12)19(2)8-16(22-18(19)24)15-7-14(23)9-20-15;/h3-6,10,14-15,20,23H,7-9H2,1-2H3;1H/t14-,15?,19?;/m1./s1. The van der Waals surface area contributed by atoms with E-state index < -0.39 is 5.41 Å². The van der Waals surface area contributed by atoms with Crippen molar-refractivity contribution in [2.45, 2.75) is 44.2 Å². The van der Waals surface area contributed by atoms with Gasteiger partial charge in [-0.15, -0.1) is 23.7 Å². The third kappa shape index (κ3) is 3.22. The predicted molar refractivity (Wildman–Crippen MR) is 106 cm³/mol. The van der Waals surface area contributed by atoms with Gasteiger partial charge in [0, 0.05) is 24.7 Å². The Balaban J connectivity index is 0.00000196. The molecular formula is C19H22ClN3O2S. The smallest absolute Gasteiger partial charge is 0.256 e. The summed E-state index contributed by atoms with van der Waals surface area (Å²) < 4.78 is 0. The fraction of sp³-hybridized carbons (Fsp3) is 0.421. The lowest BCUT2D eigenvalue weighted by Gasteiger charge is -2.22. The summed E-state index contributed by atoms with van der Waals surface area (Å²) >= 11 is 1.63. The average molecular weight is 392 g/mol. The Labute approximate surface area is 163 Å². The Morgan fingerprint density at radius 2 is 2.04 bits per heavy atom. The lowest BCUT2D eigenvalue weighted by molar-refractivity contribution is -0.121. The molecule has 0 bridgehead atoms. The monoisotopic (exact) mass is 391 g/mol. The molecular weight excluding hydrogens is 370 g/mol. The second-order valence-electron chi connectivity index (χ2n) is 7.11. The number of carbonyl (C=O) groups excluding carboxylic acids is 1. The van der Waals surface area contributed by atoms with Gasteiger partial charge in [-0.1, -0.05) is 24.3 Å². The van der Waals surface area contributed by atoms with E-state index in [1.807, 2.05) is 31.5 Å². The second kappa shape index (κ2) is 7.19. The Bertz CT molecular complexity index is 849. The number of amides is 1. The number of thiazole rings is 1. The molecule has 3 heterocycles. The van der Waals surface area contributed by atoms with Crippen molar-refractivity contribution in [1.82, 2.24) is 10.3 Å². The number of nitrogens with zero attached hydrogens (tertiary/aromatic N) is 2. The first kappa shape index (κ1) is 19.2. The van der Waals surface area contributed by atoms with Crippen LogP contribution < -0.4 is 5.32 Å². The number of aliphatic hydroxyl groups excluding tert-OH is 1. The van der Waals surface area contributed by atoms with Gasteiger partial charge in [0.15, 0.2) is 0 Å². The zero-order chi connectivity index (χ0) is 17.6. The maximum Gasteiger partial charge on any atom is 0.256 e. The molecule has 2 unspecified atom stereocenters. The normalized spacial score (nSPS) is 28.1. The molecule has 1 amide bonds. The maximum absolute atomic E-state index is 12.6. The van der Waals surface area contributed by atoms with Gasteiger partial charge in [-0.3, -0.25) is 4.79 Å². The number of aliphatic imine (C=N–C) groups is 1.